The highest BCUT2D eigenvalue weighted by molar-refractivity contribution is 7.79. The third-order valence-corrected chi connectivity index (χ3v) is 9.64. The number of benzene rings is 5. The van der Waals surface area contributed by atoms with Crippen LogP contribution in [0.25, 0.3) is 11.1 Å². The number of phenolic OH excluding ortho intramolecular Hbond substituents is 1. The summed E-state index contributed by atoms with van der Waals surface area (Å²) in [5.74, 6) is 0.319. The minimum atomic E-state index is -0.630. The Bertz CT molecular complexity index is 1450. The van der Waals surface area contributed by atoms with Crippen LogP contribution < -0.4 is 15.9 Å². The Kier molecular flexibility index (Phi) is 6.41. The molecule has 0 saturated carbocycles. The number of hydrogen-bond donors (Lipinski definition) is 1. The summed E-state index contributed by atoms with van der Waals surface area (Å²) in [7, 11) is -0.630. The van der Waals surface area contributed by atoms with Gasteiger partial charge in [-0.1, -0.05) is 109 Å². The van der Waals surface area contributed by atoms with E-state index >= 15 is 0 Å². The van der Waals surface area contributed by atoms with E-state index in [2.05, 4.69) is 103 Å². The fourth-order valence-electron chi connectivity index (χ4n) is 5.26. The van der Waals surface area contributed by atoms with Crippen molar-refractivity contribution in [2.45, 2.75) is 25.7 Å². The molecule has 4 aliphatic carbocycles. The first-order valence-electron chi connectivity index (χ1n) is 12.7. The quantitative estimate of drug-likeness (QED) is 0.282. The van der Waals surface area contributed by atoms with Crippen molar-refractivity contribution in [2.24, 2.45) is 0 Å². The summed E-state index contributed by atoms with van der Waals surface area (Å²) < 4.78 is 0. The summed E-state index contributed by atoms with van der Waals surface area (Å²) in [6, 6.07) is 43.9. The second-order valence-corrected chi connectivity index (χ2v) is 11.7. The van der Waals surface area contributed by atoms with Crippen LogP contribution in [-0.4, -0.2) is 5.11 Å². The molecule has 0 saturated heterocycles. The van der Waals surface area contributed by atoms with Crippen molar-refractivity contribution in [3.05, 3.63) is 144 Å². The first-order chi connectivity index (χ1) is 17.7. The lowest BCUT2D eigenvalue weighted by molar-refractivity contribution is 0.475. The molecule has 0 aromatic heterocycles. The summed E-state index contributed by atoms with van der Waals surface area (Å²) in [6.07, 6.45) is 3.96. The van der Waals surface area contributed by atoms with Crippen LogP contribution in [0.4, 0.5) is 0 Å². The Morgan fingerprint density at radius 3 is 1.78 bits per heavy atom. The summed E-state index contributed by atoms with van der Waals surface area (Å²) in [6.45, 7) is 0. The van der Waals surface area contributed by atoms with Gasteiger partial charge in [-0.3, -0.25) is 0 Å². The van der Waals surface area contributed by atoms with Gasteiger partial charge in [-0.25, -0.2) is 0 Å². The topological polar surface area (TPSA) is 20.2 Å². The van der Waals surface area contributed by atoms with E-state index in [0.717, 1.165) is 31.2 Å². The molecule has 0 fully saturated rings. The van der Waals surface area contributed by atoms with E-state index in [-0.39, 0.29) is 0 Å². The van der Waals surface area contributed by atoms with E-state index in [9.17, 15) is 5.11 Å². The number of aryl methyl sites for hydroxylation is 4. The molecule has 4 aliphatic rings. The van der Waals surface area contributed by atoms with Crippen molar-refractivity contribution >= 4 is 23.8 Å². The molecule has 4 bridgehead atoms. The Morgan fingerprint density at radius 1 is 0.500 bits per heavy atom. The highest BCUT2D eigenvalue weighted by Gasteiger charge is 2.21. The second-order valence-electron chi connectivity index (χ2n) is 9.51. The fraction of sp³-hybridized carbons (Fsp3) is 0.118. The average molecular weight is 485 g/mol. The van der Waals surface area contributed by atoms with Crippen molar-refractivity contribution in [1.82, 2.24) is 0 Å². The van der Waals surface area contributed by atoms with Gasteiger partial charge >= 0.3 is 0 Å². The number of rotatable bonds is 4. The Balaban J connectivity index is 1.44. The molecular weight excluding hydrogens is 455 g/mol. The summed E-state index contributed by atoms with van der Waals surface area (Å²) in [5.41, 5.74) is 7.85. The van der Waals surface area contributed by atoms with Gasteiger partial charge in [0.05, 0.1) is 0 Å². The lowest BCUT2D eigenvalue weighted by Gasteiger charge is -2.24. The van der Waals surface area contributed by atoms with Gasteiger partial charge in [0.1, 0.15) is 5.75 Å². The Morgan fingerprint density at radius 2 is 1.11 bits per heavy atom. The molecule has 36 heavy (non-hydrogen) atoms. The van der Waals surface area contributed by atoms with E-state index in [1.165, 1.54) is 43.7 Å². The zero-order valence-electron chi connectivity index (χ0n) is 20.3. The van der Waals surface area contributed by atoms with Crippen LogP contribution in [0.15, 0.2) is 121 Å². The van der Waals surface area contributed by atoms with Gasteiger partial charge in [-0.15, -0.1) is 0 Å². The number of phenols is 1. The maximum atomic E-state index is 10.1. The van der Waals surface area contributed by atoms with Crippen LogP contribution in [0.3, 0.4) is 0 Å². The maximum absolute atomic E-state index is 10.1. The van der Waals surface area contributed by atoms with E-state index in [1.807, 2.05) is 12.1 Å². The van der Waals surface area contributed by atoms with Crippen LogP contribution in [0.2, 0.25) is 0 Å². The molecule has 9 rings (SSSR count). The van der Waals surface area contributed by atoms with Crippen molar-refractivity contribution < 1.29 is 5.11 Å². The van der Waals surface area contributed by atoms with Crippen LogP contribution in [0.1, 0.15) is 22.3 Å². The average Bonchev–Trinajstić information content (AvgIpc) is 2.92. The lowest BCUT2D eigenvalue weighted by Crippen LogP contribution is -2.24. The molecule has 5 aromatic rings. The van der Waals surface area contributed by atoms with Gasteiger partial charge in [0.25, 0.3) is 0 Å². The maximum Gasteiger partial charge on any atom is 0.116 e. The second kappa shape index (κ2) is 10.1. The molecule has 176 valence electrons. The van der Waals surface area contributed by atoms with Gasteiger partial charge in [-0.05, 0) is 95.0 Å². The van der Waals surface area contributed by atoms with Gasteiger partial charge in [0.2, 0.25) is 0 Å². The molecule has 0 unspecified atom stereocenters. The Hall–Kier alpha value is -3.67. The third kappa shape index (κ3) is 4.72. The van der Waals surface area contributed by atoms with E-state index < -0.39 is 7.92 Å². The zero-order valence-corrected chi connectivity index (χ0v) is 21.2. The third-order valence-electron chi connectivity index (χ3n) is 7.12. The van der Waals surface area contributed by atoms with Gasteiger partial charge in [-0.2, -0.15) is 0 Å². The molecule has 5 aromatic carbocycles. The van der Waals surface area contributed by atoms with Gasteiger partial charge in [0.15, 0.2) is 0 Å². The van der Waals surface area contributed by atoms with Crippen LogP contribution in [0.5, 0.6) is 5.75 Å². The van der Waals surface area contributed by atoms with Crippen molar-refractivity contribution in [3.63, 3.8) is 0 Å². The molecule has 2 heteroatoms. The summed E-state index contributed by atoms with van der Waals surface area (Å²) in [5, 5.41) is 14.4. The van der Waals surface area contributed by atoms with Crippen molar-refractivity contribution in [3.8, 4) is 16.9 Å². The molecule has 0 heterocycles. The molecule has 0 aliphatic heterocycles. The van der Waals surface area contributed by atoms with Gasteiger partial charge < -0.3 is 5.11 Å². The monoisotopic (exact) mass is 484 g/mol. The summed E-state index contributed by atoms with van der Waals surface area (Å²) in [4.78, 5) is 0. The first-order valence-corrected chi connectivity index (χ1v) is 14.0. The fourth-order valence-corrected chi connectivity index (χ4v) is 7.83. The van der Waals surface area contributed by atoms with Crippen molar-refractivity contribution in [2.75, 3.05) is 0 Å². The highest BCUT2D eigenvalue weighted by Crippen LogP contribution is 2.36. The SMILES string of the molecule is Oc1cccc(-c2cc3ccc2CCc2ccc(c(P(c4ccccc4)c4ccccc4)c2)CC3)c1. The molecule has 0 radical (unpaired) electrons. The zero-order chi connectivity index (χ0) is 24.3. The molecule has 0 amide bonds. The smallest absolute Gasteiger partial charge is 0.116 e. The molecule has 1 nitrogen and oxygen atoms in total. The number of hydrogen-bond acceptors (Lipinski definition) is 1. The first kappa shape index (κ1) is 22.8. The largest absolute Gasteiger partial charge is 0.508 e. The standard InChI is InChI=1S/C34H29OP/c35-30-9-7-8-29(24-30)33-22-25-14-18-27(33)19-15-26-17-21-28(20-16-25)34(23-26)36(31-10-3-1-4-11-31)32-12-5-2-6-13-32/h1-14,17-18,21-24,35H,15-16,19-20H2. The molecular formula is C34H29OP. The van der Waals surface area contributed by atoms with E-state index in [4.69, 9.17) is 0 Å². The predicted molar refractivity (Wildman–Crippen MR) is 154 cm³/mol. The van der Waals surface area contributed by atoms with E-state index in [1.54, 1.807) is 6.07 Å². The molecule has 1 N–H and O–H groups in total. The van der Waals surface area contributed by atoms with Crippen LogP contribution in [0, 0.1) is 0 Å². The highest BCUT2D eigenvalue weighted by atomic mass is 31.1. The predicted octanol–water partition coefficient (Wildman–Crippen LogP) is 6.70. The molecule has 0 spiro atoms. The normalized spacial score (nSPS) is 12.9. The minimum Gasteiger partial charge on any atom is -0.508 e. The van der Waals surface area contributed by atoms with E-state index in [0.29, 0.717) is 5.75 Å². The molecule has 0 atom stereocenters. The number of aromatic hydroxyl groups is 1. The van der Waals surface area contributed by atoms with Gasteiger partial charge in [0, 0.05) is 0 Å². The van der Waals surface area contributed by atoms with Crippen molar-refractivity contribution in [1.29, 1.82) is 0 Å². The lowest BCUT2D eigenvalue weighted by atomic mass is 9.90. The van der Waals surface area contributed by atoms with Crippen LogP contribution in [-0.2, 0) is 25.7 Å². The Labute approximate surface area is 214 Å². The summed E-state index contributed by atoms with van der Waals surface area (Å²) >= 11 is 0. The van der Waals surface area contributed by atoms with Crippen LogP contribution >= 0.6 is 7.92 Å². The minimum absolute atomic E-state index is 0.319.